The lowest BCUT2D eigenvalue weighted by molar-refractivity contribution is 0.625. The van der Waals surface area contributed by atoms with E-state index in [0.29, 0.717) is 0 Å². The average Bonchev–Trinajstić information content (AvgIpc) is 2.28. The molecule has 1 aromatic rings. The van der Waals surface area contributed by atoms with E-state index in [1.165, 1.54) is 6.07 Å². The molecule has 0 aliphatic rings. The van der Waals surface area contributed by atoms with E-state index in [9.17, 15) is 4.39 Å². The Morgan fingerprint density at radius 1 is 1.44 bits per heavy atom. The highest BCUT2D eigenvalue weighted by Gasteiger charge is 2.01. The van der Waals surface area contributed by atoms with Crippen LogP contribution in [0, 0.1) is 5.82 Å². The lowest BCUT2D eigenvalue weighted by Crippen LogP contribution is -1.97. The third-order valence-corrected chi connectivity index (χ3v) is 2.27. The second kappa shape index (κ2) is 6.01. The zero-order valence-corrected chi connectivity index (χ0v) is 9.70. The van der Waals surface area contributed by atoms with Gasteiger partial charge in [0.15, 0.2) is 0 Å². The predicted octanol–water partition coefficient (Wildman–Crippen LogP) is 3.90. The molecule has 84 valence electrons. The number of halogens is 1. The van der Waals surface area contributed by atoms with Crippen molar-refractivity contribution >= 4 is 5.71 Å². The molecule has 16 heavy (non-hydrogen) atoms. The Kier molecular flexibility index (Phi) is 4.65. The Balaban J connectivity index is 3.03. The van der Waals surface area contributed by atoms with Crippen LogP contribution in [0.5, 0.6) is 0 Å². The van der Waals surface area contributed by atoms with Crippen LogP contribution in [0.15, 0.2) is 48.1 Å². The smallest absolute Gasteiger partial charge is 0.124 e. The lowest BCUT2D eigenvalue weighted by Gasteiger charge is -2.03. The maximum absolute atomic E-state index is 13.3. The average molecular weight is 217 g/mol. The van der Waals surface area contributed by atoms with E-state index in [4.69, 9.17) is 0 Å². The molecule has 0 bridgehead atoms. The fraction of sp³-hybridized carbons (Fsp3) is 0.214. The molecule has 0 spiro atoms. The number of aryl methyl sites for hydroxylation is 1. The van der Waals surface area contributed by atoms with E-state index in [2.05, 4.69) is 11.6 Å². The first-order valence-corrected chi connectivity index (χ1v) is 5.29. The Labute approximate surface area is 96.0 Å². The minimum atomic E-state index is -0.211. The highest BCUT2D eigenvalue weighted by molar-refractivity contribution is 5.99. The zero-order valence-electron chi connectivity index (χ0n) is 9.70. The van der Waals surface area contributed by atoms with Crippen molar-refractivity contribution in [1.82, 2.24) is 0 Å². The highest BCUT2D eigenvalue weighted by Crippen LogP contribution is 2.11. The molecule has 0 atom stereocenters. The van der Waals surface area contributed by atoms with Gasteiger partial charge in [-0.15, -0.1) is 0 Å². The zero-order chi connectivity index (χ0) is 12.0. The maximum Gasteiger partial charge on any atom is 0.124 e. The molecule has 2 heteroatoms. The van der Waals surface area contributed by atoms with Crippen molar-refractivity contribution in [2.45, 2.75) is 20.3 Å². The van der Waals surface area contributed by atoms with E-state index in [0.717, 1.165) is 23.3 Å². The molecule has 1 aromatic carbocycles. The van der Waals surface area contributed by atoms with E-state index < -0.39 is 0 Å². The van der Waals surface area contributed by atoms with Crippen molar-refractivity contribution in [3.8, 4) is 0 Å². The number of hydrogen-bond donors (Lipinski definition) is 0. The SMILES string of the molecule is C=C/C=C\N=C(C)c1cc(F)cc(CC)c1. The molecule has 0 saturated carbocycles. The van der Waals surface area contributed by atoms with Crippen LogP contribution in [0.25, 0.3) is 0 Å². The molecule has 0 aliphatic carbocycles. The van der Waals surface area contributed by atoms with Gasteiger partial charge in [0.1, 0.15) is 5.82 Å². The molecular weight excluding hydrogens is 201 g/mol. The maximum atomic E-state index is 13.3. The van der Waals surface area contributed by atoms with Crippen LogP contribution in [0.2, 0.25) is 0 Å². The van der Waals surface area contributed by atoms with Crippen molar-refractivity contribution in [3.05, 3.63) is 60.1 Å². The molecule has 0 aliphatic heterocycles. The van der Waals surface area contributed by atoms with Crippen molar-refractivity contribution in [2.75, 3.05) is 0 Å². The lowest BCUT2D eigenvalue weighted by atomic mass is 10.1. The van der Waals surface area contributed by atoms with Crippen LogP contribution in [0.1, 0.15) is 25.0 Å². The quantitative estimate of drug-likeness (QED) is 0.536. The van der Waals surface area contributed by atoms with E-state index in [1.807, 2.05) is 19.9 Å². The molecule has 0 radical (unpaired) electrons. The summed E-state index contributed by atoms with van der Waals surface area (Å²) in [6, 6.07) is 5.01. The van der Waals surface area contributed by atoms with Gasteiger partial charge in [-0.3, -0.25) is 4.99 Å². The summed E-state index contributed by atoms with van der Waals surface area (Å²) in [4.78, 5) is 4.20. The van der Waals surface area contributed by atoms with Gasteiger partial charge in [-0.25, -0.2) is 4.39 Å². The van der Waals surface area contributed by atoms with Crippen LogP contribution in [0.3, 0.4) is 0 Å². The van der Waals surface area contributed by atoms with Gasteiger partial charge in [0, 0.05) is 11.9 Å². The summed E-state index contributed by atoms with van der Waals surface area (Å²) in [6.07, 6.45) is 5.86. The van der Waals surface area contributed by atoms with Crippen molar-refractivity contribution in [1.29, 1.82) is 0 Å². The third-order valence-electron chi connectivity index (χ3n) is 2.27. The van der Waals surface area contributed by atoms with Gasteiger partial charge in [0.25, 0.3) is 0 Å². The van der Waals surface area contributed by atoms with Gasteiger partial charge < -0.3 is 0 Å². The molecule has 0 saturated heterocycles. The van der Waals surface area contributed by atoms with Crippen LogP contribution in [0.4, 0.5) is 4.39 Å². The Morgan fingerprint density at radius 2 is 2.19 bits per heavy atom. The first-order valence-electron chi connectivity index (χ1n) is 5.29. The molecular formula is C14H16FN. The van der Waals surface area contributed by atoms with Gasteiger partial charge in [-0.1, -0.05) is 19.6 Å². The predicted molar refractivity (Wildman–Crippen MR) is 67.3 cm³/mol. The van der Waals surface area contributed by atoms with Crippen LogP contribution in [-0.2, 0) is 6.42 Å². The third kappa shape index (κ3) is 3.46. The topological polar surface area (TPSA) is 12.4 Å². The Bertz CT molecular complexity index is 430. The number of aliphatic imine (C=N–C) groups is 1. The molecule has 0 fully saturated rings. The van der Waals surface area contributed by atoms with Gasteiger partial charge in [0.2, 0.25) is 0 Å². The summed E-state index contributed by atoms with van der Waals surface area (Å²) in [5.74, 6) is -0.211. The first-order chi connectivity index (χ1) is 7.67. The molecule has 0 N–H and O–H groups in total. The Morgan fingerprint density at radius 3 is 2.81 bits per heavy atom. The van der Waals surface area contributed by atoms with Crippen LogP contribution >= 0.6 is 0 Å². The summed E-state index contributed by atoms with van der Waals surface area (Å²) in [5.41, 5.74) is 2.61. The molecule has 1 rings (SSSR count). The fourth-order valence-electron chi connectivity index (χ4n) is 1.35. The van der Waals surface area contributed by atoms with Crippen molar-refractivity contribution in [3.63, 3.8) is 0 Å². The summed E-state index contributed by atoms with van der Waals surface area (Å²) in [6.45, 7) is 7.42. The second-order valence-corrected chi connectivity index (χ2v) is 3.49. The van der Waals surface area contributed by atoms with E-state index in [-0.39, 0.29) is 5.82 Å². The number of nitrogens with zero attached hydrogens (tertiary/aromatic N) is 1. The van der Waals surface area contributed by atoms with Crippen LogP contribution < -0.4 is 0 Å². The monoisotopic (exact) mass is 217 g/mol. The van der Waals surface area contributed by atoms with Crippen molar-refractivity contribution < 1.29 is 4.39 Å². The summed E-state index contributed by atoms with van der Waals surface area (Å²) >= 11 is 0. The second-order valence-electron chi connectivity index (χ2n) is 3.49. The van der Waals surface area contributed by atoms with Gasteiger partial charge in [0.05, 0.1) is 0 Å². The standard InChI is InChI=1S/C14H16FN/c1-4-6-7-16-11(3)13-8-12(5-2)9-14(15)10-13/h4,6-10H,1,5H2,2-3H3/b7-6-,16-11?. The van der Waals surface area contributed by atoms with Gasteiger partial charge in [-0.05, 0) is 48.7 Å². The summed E-state index contributed by atoms with van der Waals surface area (Å²) in [5, 5.41) is 0. The number of hydrogen-bond acceptors (Lipinski definition) is 1. The summed E-state index contributed by atoms with van der Waals surface area (Å²) in [7, 11) is 0. The normalized spacial score (nSPS) is 12.1. The van der Waals surface area contributed by atoms with E-state index in [1.54, 1.807) is 24.4 Å². The largest absolute Gasteiger partial charge is 0.261 e. The number of benzene rings is 1. The molecule has 0 heterocycles. The van der Waals surface area contributed by atoms with Gasteiger partial charge >= 0.3 is 0 Å². The molecule has 0 unspecified atom stereocenters. The molecule has 1 nitrogen and oxygen atoms in total. The summed E-state index contributed by atoms with van der Waals surface area (Å²) < 4.78 is 13.3. The minimum absolute atomic E-state index is 0.211. The number of rotatable bonds is 4. The van der Waals surface area contributed by atoms with Crippen molar-refractivity contribution in [2.24, 2.45) is 4.99 Å². The minimum Gasteiger partial charge on any atom is -0.261 e. The number of allylic oxidation sites excluding steroid dienone is 2. The highest BCUT2D eigenvalue weighted by atomic mass is 19.1. The first kappa shape index (κ1) is 12.4. The molecule has 0 amide bonds. The Hall–Kier alpha value is -1.70. The molecule has 0 aromatic heterocycles. The fourth-order valence-corrected chi connectivity index (χ4v) is 1.35. The van der Waals surface area contributed by atoms with Gasteiger partial charge in [-0.2, -0.15) is 0 Å². The van der Waals surface area contributed by atoms with Crippen LogP contribution in [-0.4, -0.2) is 5.71 Å². The van der Waals surface area contributed by atoms with E-state index >= 15 is 0 Å².